The molecule has 4 heterocycles. The minimum Gasteiger partial charge on any atom is -0.404 e. The smallest absolute Gasteiger partial charge is 0.404 e. The normalized spacial score (nSPS) is 16.4. The Morgan fingerprint density at radius 2 is 2.27 bits per heavy atom. The third-order valence-electron chi connectivity index (χ3n) is 4.01. The van der Waals surface area contributed by atoms with Crippen LogP contribution in [0.25, 0.3) is 17.2 Å². The molecule has 108 valence electrons. The molecule has 4 rings (SSSR count). The molecule has 0 spiro atoms. The lowest BCUT2D eigenvalue weighted by atomic mass is 9.61. The van der Waals surface area contributed by atoms with E-state index in [1.54, 1.807) is 18.5 Å². The number of hydrogen-bond acceptors (Lipinski definition) is 3. The maximum Gasteiger partial charge on any atom is 0.405 e. The number of nitrogens with zero attached hydrogens (tertiary/aromatic N) is 3. The summed E-state index contributed by atoms with van der Waals surface area (Å²) in [4.78, 5) is 6.36. The molecule has 1 aliphatic rings. The van der Waals surface area contributed by atoms with E-state index in [2.05, 4.69) is 28.7 Å². The Labute approximate surface area is 134 Å². The first-order chi connectivity index (χ1) is 11.9. The van der Waals surface area contributed by atoms with E-state index in [0.29, 0.717) is 11.3 Å². The molecule has 0 radical (unpaired) electrons. The van der Waals surface area contributed by atoms with E-state index in [-0.39, 0.29) is 6.85 Å². The van der Waals surface area contributed by atoms with Gasteiger partial charge in [-0.05, 0) is 37.4 Å². The van der Waals surface area contributed by atoms with Crippen LogP contribution in [-0.2, 0) is 7.05 Å². The Morgan fingerprint density at radius 1 is 1.36 bits per heavy atom. The van der Waals surface area contributed by atoms with E-state index in [9.17, 15) is 0 Å². The summed E-state index contributed by atoms with van der Waals surface area (Å²) in [6.07, 6.45) is 5.41. The third kappa shape index (κ3) is 1.85. The first-order valence-corrected chi connectivity index (χ1v) is 7.21. The summed E-state index contributed by atoms with van der Waals surface area (Å²) in [5, 5.41) is 0.965. The molecule has 0 unspecified atom stereocenters. The molecule has 0 aliphatic carbocycles. The molecule has 22 heavy (non-hydrogen) atoms. The van der Waals surface area contributed by atoms with Crippen LogP contribution in [0.2, 0.25) is 6.82 Å². The first-order valence-electron chi connectivity index (χ1n) is 8.71. The number of furan rings is 1. The van der Waals surface area contributed by atoms with Crippen LogP contribution in [0.15, 0.2) is 47.1 Å². The van der Waals surface area contributed by atoms with Crippen LogP contribution < -0.4 is 9.38 Å². The highest BCUT2D eigenvalue weighted by atomic mass is 16.4. The fourth-order valence-corrected chi connectivity index (χ4v) is 2.95. The quantitative estimate of drug-likeness (QED) is 0.510. The second kappa shape index (κ2) is 4.73. The molecule has 0 bridgehead atoms. The Hall–Kier alpha value is -2.56. The van der Waals surface area contributed by atoms with E-state index >= 15 is 0 Å². The largest absolute Gasteiger partial charge is 0.405 e. The molecule has 1 aliphatic heterocycles. The van der Waals surface area contributed by atoms with Crippen molar-refractivity contribution in [3.8, 4) is 0 Å². The van der Waals surface area contributed by atoms with E-state index in [1.807, 2.05) is 29.8 Å². The van der Waals surface area contributed by atoms with Gasteiger partial charge in [-0.15, -0.1) is 0 Å². The van der Waals surface area contributed by atoms with Gasteiger partial charge < -0.3 is 4.42 Å². The van der Waals surface area contributed by atoms with Crippen LogP contribution in [0.4, 0.5) is 11.7 Å². The van der Waals surface area contributed by atoms with Gasteiger partial charge >= 0.3 is 6.85 Å². The Morgan fingerprint density at radius 3 is 3.09 bits per heavy atom. The van der Waals surface area contributed by atoms with Crippen molar-refractivity contribution in [2.24, 2.45) is 7.05 Å². The number of hydrogen-bond donors (Lipinski definition) is 0. The van der Waals surface area contributed by atoms with Crippen molar-refractivity contribution in [1.82, 2.24) is 4.98 Å². The fraction of sp³-hybridized carbons (Fsp3) is 0.176. The van der Waals surface area contributed by atoms with E-state index < -0.39 is 6.85 Å². The van der Waals surface area contributed by atoms with Gasteiger partial charge in [0.05, 0.1) is 24.2 Å². The molecule has 0 amide bonds. The standard InChI is InChI=1S/C17H17BN3O/c1-12-6-7-15(20(3)11-12)21-17-14(8-9-18(21)2)13-5-4-10-19-16(13)22-17/h4-11H,1-3H3/q+1/i1D3. The average molecular weight is 293 g/mol. The van der Waals surface area contributed by atoms with Gasteiger partial charge in [-0.3, -0.25) is 4.81 Å². The van der Waals surface area contributed by atoms with Gasteiger partial charge in [0, 0.05) is 16.4 Å². The molecule has 0 saturated heterocycles. The Balaban J connectivity index is 1.88. The van der Waals surface area contributed by atoms with Gasteiger partial charge in [-0.1, -0.05) is 12.1 Å². The third-order valence-corrected chi connectivity index (χ3v) is 4.01. The SMILES string of the molecule is [2H]C([2H])([2H])c1ccc(N2B(C)C=Cc3c2oc2ncccc32)[n+](C)c1. The van der Waals surface area contributed by atoms with Crippen molar-refractivity contribution in [3.63, 3.8) is 0 Å². The van der Waals surface area contributed by atoms with Gasteiger partial charge in [0.2, 0.25) is 5.71 Å². The molecule has 0 N–H and O–H groups in total. The minimum absolute atomic E-state index is 0.0675. The van der Waals surface area contributed by atoms with E-state index in [1.165, 1.54) is 0 Å². The van der Waals surface area contributed by atoms with Crippen LogP contribution in [-0.4, -0.2) is 11.8 Å². The van der Waals surface area contributed by atoms with Crippen molar-refractivity contribution < 1.29 is 13.1 Å². The monoisotopic (exact) mass is 293 g/mol. The molecule has 0 saturated carbocycles. The second-order valence-electron chi connectivity index (χ2n) is 5.53. The van der Waals surface area contributed by atoms with Gasteiger partial charge in [0.1, 0.15) is 0 Å². The summed E-state index contributed by atoms with van der Waals surface area (Å²) in [5.41, 5.74) is 1.89. The zero-order valence-electron chi connectivity index (χ0n) is 15.4. The number of aryl methyl sites for hydroxylation is 2. The zero-order valence-corrected chi connectivity index (χ0v) is 12.4. The number of fused-ring (bicyclic) bond motifs is 3. The van der Waals surface area contributed by atoms with Gasteiger partial charge in [0.25, 0.3) is 11.7 Å². The van der Waals surface area contributed by atoms with Crippen molar-refractivity contribution in [1.29, 1.82) is 0 Å². The van der Waals surface area contributed by atoms with Crippen LogP contribution in [0.5, 0.6) is 0 Å². The highest BCUT2D eigenvalue weighted by Crippen LogP contribution is 2.38. The lowest BCUT2D eigenvalue weighted by molar-refractivity contribution is -0.658. The molecular formula is C17H17BN3O+. The number of anilines is 2. The first kappa shape index (κ1) is 10.2. The molecule has 0 aromatic carbocycles. The molecule has 5 heteroatoms. The van der Waals surface area contributed by atoms with Crippen molar-refractivity contribution in [2.45, 2.75) is 13.7 Å². The van der Waals surface area contributed by atoms with Crippen LogP contribution in [0.3, 0.4) is 0 Å². The summed E-state index contributed by atoms with van der Waals surface area (Å²) in [6.45, 7) is 0.00783. The summed E-state index contributed by atoms with van der Waals surface area (Å²) in [5.74, 6) is 3.67. The van der Waals surface area contributed by atoms with Crippen molar-refractivity contribution in [2.75, 3.05) is 4.81 Å². The van der Waals surface area contributed by atoms with Gasteiger partial charge in [0.15, 0.2) is 0 Å². The van der Waals surface area contributed by atoms with Gasteiger partial charge in [-0.2, -0.15) is 0 Å². The highest BCUT2D eigenvalue weighted by Gasteiger charge is 2.37. The molecule has 0 fully saturated rings. The zero-order chi connectivity index (χ0) is 17.8. The van der Waals surface area contributed by atoms with E-state index in [0.717, 1.165) is 22.7 Å². The average Bonchev–Trinajstić information content (AvgIpc) is 2.93. The predicted octanol–water partition coefficient (Wildman–Crippen LogP) is 3.29. The maximum absolute atomic E-state index is 7.58. The van der Waals surface area contributed by atoms with Gasteiger partial charge in [-0.25, -0.2) is 9.55 Å². The fourth-order valence-electron chi connectivity index (χ4n) is 2.95. The van der Waals surface area contributed by atoms with Crippen molar-refractivity contribution in [3.05, 3.63) is 53.8 Å². The van der Waals surface area contributed by atoms with Crippen LogP contribution >= 0.6 is 0 Å². The number of aromatic nitrogens is 2. The second-order valence-corrected chi connectivity index (χ2v) is 5.53. The molecule has 0 atom stereocenters. The Kier molecular flexibility index (Phi) is 2.20. The lowest BCUT2D eigenvalue weighted by Gasteiger charge is -2.22. The summed E-state index contributed by atoms with van der Waals surface area (Å²) in [6, 6.07) is 7.34. The molecular weight excluding hydrogens is 273 g/mol. The van der Waals surface area contributed by atoms with Crippen LogP contribution in [0.1, 0.15) is 15.2 Å². The van der Waals surface area contributed by atoms with Crippen molar-refractivity contribution >= 4 is 35.7 Å². The Bertz CT molecular complexity index is 996. The summed E-state index contributed by atoms with van der Waals surface area (Å²) >= 11 is 0. The summed E-state index contributed by atoms with van der Waals surface area (Å²) in [7, 11) is 1.84. The molecule has 3 aromatic rings. The predicted molar refractivity (Wildman–Crippen MR) is 89.2 cm³/mol. The molecule has 3 aromatic heterocycles. The van der Waals surface area contributed by atoms with Crippen LogP contribution in [0, 0.1) is 6.85 Å². The number of pyridine rings is 2. The minimum atomic E-state index is -2.13. The molecule has 4 nitrogen and oxygen atoms in total. The maximum atomic E-state index is 7.58. The lowest BCUT2D eigenvalue weighted by Crippen LogP contribution is -2.43. The van der Waals surface area contributed by atoms with E-state index in [4.69, 9.17) is 8.53 Å². The number of rotatable bonds is 1. The summed E-state index contributed by atoms with van der Waals surface area (Å²) < 4.78 is 30.6. The highest BCUT2D eigenvalue weighted by molar-refractivity contribution is 6.69. The topological polar surface area (TPSA) is 33.2 Å².